The maximum atomic E-state index is 6.56. The Hall–Kier alpha value is -0.860. The molecule has 0 bridgehead atoms. The molecule has 4 rings (SSSR count). The maximum absolute atomic E-state index is 6.56. The summed E-state index contributed by atoms with van der Waals surface area (Å²) in [5, 5.41) is 3.83. The van der Waals surface area contributed by atoms with Crippen LogP contribution in [0.1, 0.15) is 56.4 Å². The number of nitrogens with one attached hydrogen (secondary N) is 1. The Morgan fingerprint density at radius 2 is 1.85 bits per heavy atom. The molecule has 2 aliphatic carbocycles. The van der Waals surface area contributed by atoms with E-state index in [2.05, 4.69) is 35.6 Å². The second kappa shape index (κ2) is 5.16. The van der Waals surface area contributed by atoms with Crippen molar-refractivity contribution in [3.05, 3.63) is 35.9 Å². The van der Waals surface area contributed by atoms with E-state index in [9.17, 15) is 0 Å². The lowest BCUT2D eigenvalue weighted by Gasteiger charge is -2.47. The highest BCUT2D eigenvalue weighted by Gasteiger charge is 2.45. The highest BCUT2D eigenvalue weighted by atomic mass is 16.5. The summed E-state index contributed by atoms with van der Waals surface area (Å²) in [6.45, 7) is 1.08. The number of rotatable bonds is 1. The van der Waals surface area contributed by atoms with Crippen molar-refractivity contribution in [2.75, 3.05) is 6.54 Å². The summed E-state index contributed by atoms with van der Waals surface area (Å²) < 4.78 is 6.56. The Morgan fingerprint density at radius 1 is 1.05 bits per heavy atom. The molecule has 1 N–H and O–H groups in total. The third-order valence-electron chi connectivity index (χ3n) is 5.66. The summed E-state index contributed by atoms with van der Waals surface area (Å²) in [7, 11) is 0. The fourth-order valence-electron chi connectivity index (χ4n) is 4.52. The summed E-state index contributed by atoms with van der Waals surface area (Å²) in [6, 6.07) is 11.6. The molecule has 2 saturated carbocycles. The van der Waals surface area contributed by atoms with E-state index in [0.29, 0.717) is 18.1 Å². The van der Waals surface area contributed by atoms with Gasteiger partial charge in [-0.05, 0) is 43.6 Å². The number of fused-ring (bicyclic) bond motifs is 1. The van der Waals surface area contributed by atoms with Gasteiger partial charge in [-0.1, -0.05) is 43.2 Å². The van der Waals surface area contributed by atoms with E-state index in [-0.39, 0.29) is 5.60 Å². The predicted molar refractivity (Wildman–Crippen MR) is 80.9 cm³/mol. The molecular weight excluding hydrogens is 246 g/mol. The second-order valence-electron chi connectivity index (χ2n) is 6.95. The molecule has 1 spiro atoms. The fraction of sp³-hybridized carbons (Fsp3) is 0.667. The summed E-state index contributed by atoms with van der Waals surface area (Å²) in [5.41, 5.74) is 1.70. The Kier molecular flexibility index (Phi) is 3.31. The topological polar surface area (TPSA) is 21.3 Å². The summed E-state index contributed by atoms with van der Waals surface area (Å²) in [5.74, 6) is 0.714. The van der Waals surface area contributed by atoms with Crippen LogP contribution in [-0.2, 0) is 4.74 Å². The Labute approximate surface area is 121 Å². The molecule has 0 aromatic heterocycles. The van der Waals surface area contributed by atoms with Crippen LogP contribution >= 0.6 is 0 Å². The Balaban J connectivity index is 1.44. The summed E-state index contributed by atoms with van der Waals surface area (Å²) >= 11 is 0. The van der Waals surface area contributed by atoms with Crippen molar-refractivity contribution in [2.45, 2.75) is 68.6 Å². The Bertz CT molecular complexity index is 452. The predicted octanol–water partition coefficient (Wildman–Crippen LogP) is 3.62. The number of hydrogen-bond donors (Lipinski definition) is 1. The minimum atomic E-state index is 0.195. The van der Waals surface area contributed by atoms with E-state index in [1.54, 1.807) is 0 Å². The maximum Gasteiger partial charge on any atom is 0.0810 e. The summed E-state index contributed by atoms with van der Waals surface area (Å²) in [4.78, 5) is 0. The van der Waals surface area contributed by atoms with Crippen LogP contribution in [0.3, 0.4) is 0 Å². The molecule has 3 aliphatic rings. The molecule has 108 valence electrons. The van der Waals surface area contributed by atoms with Gasteiger partial charge in [0, 0.05) is 12.6 Å². The number of morpholine rings is 1. The first-order valence-corrected chi connectivity index (χ1v) is 8.31. The van der Waals surface area contributed by atoms with Gasteiger partial charge in [0.05, 0.1) is 11.7 Å². The molecule has 3 fully saturated rings. The van der Waals surface area contributed by atoms with E-state index in [1.807, 2.05) is 0 Å². The van der Waals surface area contributed by atoms with Gasteiger partial charge in [-0.25, -0.2) is 0 Å². The zero-order valence-electron chi connectivity index (χ0n) is 12.2. The molecule has 1 saturated heterocycles. The zero-order chi connectivity index (χ0) is 13.4. The van der Waals surface area contributed by atoms with Crippen LogP contribution in [0.15, 0.2) is 30.3 Å². The third-order valence-corrected chi connectivity index (χ3v) is 5.66. The molecule has 1 aromatic carbocycles. The molecule has 1 aliphatic heterocycles. The molecule has 3 atom stereocenters. The van der Waals surface area contributed by atoms with Gasteiger partial charge in [-0.15, -0.1) is 0 Å². The van der Waals surface area contributed by atoms with E-state index in [1.165, 1.54) is 50.5 Å². The molecule has 1 aromatic rings. The van der Waals surface area contributed by atoms with Gasteiger partial charge in [-0.2, -0.15) is 0 Å². The van der Waals surface area contributed by atoms with Gasteiger partial charge in [0.15, 0.2) is 0 Å². The lowest BCUT2D eigenvalue weighted by atomic mass is 9.78. The molecule has 2 heteroatoms. The van der Waals surface area contributed by atoms with E-state index in [4.69, 9.17) is 4.74 Å². The zero-order valence-corrected chi connectivity index (χ0v) is 12.2. The normalized spacial score (nSPS) is 35.9. The number of benzene rings is 1. The number of hydrogen-bond acceptors (Lipinski definition) is 2. The van der Waals surface area contributed by atoms with Gasteiger partial charge < -0.3 is 10.1 Å². The van der Waals surface area contributed by atoms with Gasteiger partial charge in [0.2, 0.25) is 0 Å². The van der Waals surface area contributed by atoms with E-state index < -0.39 is 0 Å². The van der Waals surface area contributed by atoms with Crippen LogP contribution in [-0.4, -0.2) is 24.3 Å². The van der Waals surface area contributed by atoms with E-state index in [0.717, 1.165) is 6.54 Å². The quantitative estimate of drug-likeness (QED) is 0.842. The first kappa shape index (κ1) is 12.8. The molecule has 3 unspecified atom stereocenters. The van der Waals surface area contributed by atoms with Crippen LogP contribution in [0.4, 0.5) is 0 Å². The van der Waals surface area contributed by atoms with Crippen molar-refractivity contribution in [1.82, 2.24) is 5.32 Å². The lowest BCUT2D eigenvalue weighted by Crippen LogP contribution is -2.59. The van der Waals surface area contributed by atoms with Gasteiger partial charge >= 0.3 is 0 Å². The molecule has 20 heavy (non-hydrogen) atoms. The van der Waals surface area contributed by atoms with Crippen molar-refractivity contribution < 1.29 is 4.74 Å². The van der Waals surface area contributed by atoms with Crippen molar-refractivity contribution in [3.8, 4) is 0 Å². The fourth-order valence-corrected chi connectivity index (χ4v) is 4.52. The number of ether oxygens (including phenoxy) is 1. The molecule has 0 radical (unpaired) electrons. The van der Waals surface area contributed by atoms with Crippen LogP contribution in [0, 0.1) is 0 Å². The first-order valence-electron chi connectivity index (χ1n) is 8.31. The van der Waals surface area contributed by atoms with Gasteiger partial charge in [0.25, 0.3) is 0 Å². The Morgan fingerprint density at radius 3 is 2.65 bits per heavy atom. The standard InChI is InChI=1S/C18H25NO/c1-2-6-14(7-3-1)15-8-9-17-16(12-15)19-13-18(20-17)10-4-5-11-18/h1-3,6-7,15-17,19H,4-5,8-13H2. The minimum Gasteiger partial charge on any atom is -0.369 e. The highest BCUT2D eigenvalue weighted by molar-refractivity contribution is 5.21. The largest absolute Gasteiger partial charge is 0.369 e. The molecule has 1 heterocycles. The smallest absolute Gasteiger partial charge is 0.0810 e. The SMILES string of the molecule is c1ccc(C2CCC3OC4(CCCC4)CNC3C2)cc1. The van der Waals surface area contributed by atoms with E-state index >= 15 is 0 Å². The van der Waals surface area contributed by atoms with Crippen molar-refractivity contribution in [2.24, 2.45) is 0 Å². The van der Waals surface area contributed by atoms with Crippen LogP contribution in [0.5, 0.6) is 0 Å². The second-order valence-corrected chi connectivity index (χ2v) is 6.95. The molecule has 0 amide bonds. The van der Waals surface area contributed by atoms with Gasteiger partial charge in [-0.3, -0.25) is 0 Å². The van der Waals surface area contributed by atoms with Crippen LogP contribution in [0.25, 0.3) is 0 Å². The summed E-state index contributed by atoms with van der Waals surface area (Å²) in [6.07, 6.45) is 9.45. The molecule has 2 nitrogen and oxygen atoms in total. The molecular formula is C18H25NO. The average molecular weight is 271 g/mol. The van der Waals surface area contributed by atoms with Crippen molar-refractivity contribution in [1.29, 1.82) is 0 Å². The van der Waals surface area contributed by atoms with Gasteiger partial charge in [0.1, 0.15) is 0 Å². The lowest BCUT2D eigenvalue weighted by molar-refractivity contribution is -0.143. The van der Waals surface area contributed by atoms with Crippen molar-refractivity contribution >= 4 is 0 Å². The third kappa shape index (κ3) is 2.29. The highest BCUT2D eigenvalue weighted by Crippen LogP contribution is 2.42. The minimum absolute atomic E-state index is 0.195. The monoisotopic (exact) mass is 271 g/mol. The van der Waals surface area contributed by atoms with Crippen LogP contribution in [0.2, 0.25) is 0 Å². The first-order chi connectivity index (χ1) is 9.85. The van der Waals surface area contributed by atoms with Crippen LogP contribution < -0.4 is 5.32 Å². The average Bonchev–Trinajstić information content (AvgIpc) is 2.96. The van der Waals surface area contributed by atoms with Crippen molar-refractivity contribution in [3.63, 3.8) is 0 Å².